The fourth-order valence-electron chi connectivity index (χ4n) is 1.35. The van der Waals surface area contributed by atoms with Gasteiger partial charge in [-0.3, -0.25) is 4.79 Å². The van der Waals surface area contributed by atoms with Crippen LogP contribution in [0.15, 0.2) is 54.6 Å². The lowest BCUT2D eigenvalue weighted by Crippen LogP contribution is -2.23. The van der Waals surface area contributed by atoms with E-state index in [0.29, 0.717) is 5.56 Å². The number of esters is 1. The number of hydrogen-bond acceptors (Lipinski definition) is 3. The molecule has 18 heavy (non-hydrogen) atoms. The third-order valence-corrected chi connectivity index (χ3v) is 2.26. The number of benzene rings is 1. The van der Waals surface area contributed by atoms with Gasteiger partial charge in [0.1, 0.15) is 0 Å². The van der Waals surface area contributed by atoms with Crippen molar-refractivity contribution in [1.29, 1.82) is 0 Å². The first-order valence-corrected chi connectivity index (χ1v) is 5.74. The molecule has 1 aromatic carbocycles. The molecule has 0 radical (unpaired) electrons. The molecular weight excluding hydrogens is 228 g/mol. The Labute approximate surface area is 107 Å². The molecule has 0 aliphatic rings. The van der Waals surface area contributed by atoms with Crippen molar-refractivity contribution in [3.63, 3.8) is 0 Å². The zero-order valence-corrected chi connectivity index (χ0v) is 10.5. The number of carbonyl (C=O) groups excluding carboxylic acids is 2. The second-order valence-electron chi connectivity index (χ2n) is 3.69. The van der Waals surface area contributed by atoms with Crippen molar-refractivity contribution in [3.8, 4) is 0 Å². The molecule has 0 aromatic heterocycles. The van der Waals surface area contributed by atoms with Crippen molar-refractivity contribution in [2.75, 3.05) is 0 Å². The van der Waals surface area contributed by atoms with Gasteiger partial charge < -0.3 is 4.74 Å². The molecule has 0 aliphatic carbocycles. The Morgan fingerprint density at radius 3 is 2.44 bits per heavy atom. The summed E-state index contributed by atoms with van der Waals surface area (Å²) in [5.74, 6) is -0.728. The zero-order chi connectivity index (χ0) is 13.4. The van der Waals surface area contributed by atoms with Gasteiger partial charge in [-0.1, -0.05) is 48.6 Å². The van der Waals surface area contributed by atoms with Gasteiger partial charge in [0.05, 0.1) is 0 Å². The highest BCUT2D eigenvalue weighted by atomic mass is 16.5. The van der Waals surface area contributed by atoms with Gasteiger partial charge in [0.25, 0.3) is 0 Å². The van der Waals surface area contributed by atoms with E-state index in [1.54, 1.807) is 49.4 Å². The van der Waals surface area contributed by atoms with Gasteiger partial charge in [0.2, 0.25) is 5.78 Å². The average Bonchev–Trinajstić information content (AvgIpc) is 2.39. The van der Waals surface area contributed by atoms with Crippen molar-refractivity contribution in [1.82, 2.24) is 0 Å². The lowest BCUT2D eigenvalue weighted by molar-refractivity contribution is -0.140. The van der Waals surface area contributed by atoms with Gasteiger partial charge >= 0.3 is 5.97 Å². The van der Waals surface area contributed by atoms with E-state index in [-0.39, 0.29) is 5.78 Å². The molecular formula is C15H16O3. The quantitative estimate of drug-likeness (QED) is 0.346. The van der Waals surface area contributed by atoms with E-state index in [4.69, 9.17) is 4.74 Å². The van der Waals surface area contributed by atoms with Crippen LogP contribution >= 0.6 is 0 Å². The van der Waals surface area contributed by atoms with Gasteiger partial charge in [0.15, 0.2) is 6.10 Å². The van der Waals surface area contributed by atoms with E-state index in [0.717, 1.165) is 0 Å². The first kappa shape index (κ1) is 13.9. The van der Waals surface area contributed by atoms with Gasteiger partial charge in [0, 0.05) is 11.6 Å². The maximum absolute atomic E-state index is 11.9. The molecule has 94 valence electrons. The van der Waals surface area contributed by atoms with Gasteiger partial charge in [-0.25, -0.2) is 4.79 Å². The molecule has 1 aromatic rings. The Balaban J connectivity index is 2.58. The highest BCUT2D eigenvalue weighted by Crippen LogP contribution is 2.06. The molecule has 1 atom stereocenters. The van der Waals surface area contributed by atoms with Crippen LogP contribution in [-0.2, 0) is 9.53 Å². The van der Waals surface area contributed by atoms with Crippen LogP contribution in [0.3, 0.4) is 0 Å². The highest BCUT2D eigenvalue weighted by molar-refractivity contribution is 6.00. The molecule has 0 heterocycles. The van der Waals surface area contributed by atoms with Crippen LogP contribution in [0.25, 0.3) is 0 Å². The average molecular weight is 244 g/mol. The normalized spacial score (nSPS) is 12.8. The van der Waals surface area contributed by atoms with E-state index in [9.17, 15) is 9.59 Å². The molecule has 1 rings (SSSR count). The SMILES string of the molecule is CC=CC=CC(=O)OC(C)C(=O)c1ccccc1. The second kappa shape index (κ2) is 7.22. The molecule has 0 fully saturated rings. The van der Waals surface area contributed by atoms with Crippen LogP contribution in [0.2, 0.25) is 0 Å². The number of hydrogen-bond donors (Lipinski definition) is 0. The van der Waals surface area contributed by atoms with E-state index < -0.39 is 12.1 Å². The maximum Gasteiger partial charge on any atom is 0.331 e. The first-order chi connectivity index (χ1) is 8.65. The third kappa shape index (κ3) is 4.37. The summed E-state index contributed by atoms with van der Waals surface area (Å²) in [4.78, 5) is 23.3. The van der Waals surface area contributed by atoms with Crippen LogP contribution in [0.5, 0.6) is 0 Å². The summed E-state index contributed by atoms with van der Waals surface area (Å²) in [5.41, 5.74) is 0.537. The molecule has 0 N–H and O–H groups in total. The highest BCUT2D eigenvalue weighted by Gasteiger charge is 2.17. The van der Waals surface area contributed by atoms with Crippen LogP contribution in [0.1, 0.15) is 24.2 Å². The molecule has 0 bridgehead atoms. The summed E-state index contributed by atoms with van der Waals surface area (Å²) >= 11 is 0. The Bertz CT molecular complexity index is 458. The molecule has 3 nitrogen and oxygen atoms in total. The number of carbonyl (C=O) groups is 2. The maximum atomic E-state index is 11.9. The summed E-state index contributed by atoms with van der Waals surface area (Å²) in [6, 6.07) is 8.76. The summed E-state index contributed by atoms with van der Waals surface area (Å²) in [5, 5.41) is 0. The number of rotatable bonds is 5. The molecule has 0 spiro atoms. The van der Waals surface area contributed by atoms with Crippen molar-refractivity contribution in [2.45, 2.75) is 20.0 Å². The fourth-order valence-corrected chi connectivity index (χ4v) is 1.35. The van der Waals surface area contributed by atoms with Crippen LogP contribution in [-0.4, -0.2) is 17.9 Å². The summed E-state index contributed by atoms with van der Waals surface area (Å²) in [6.07, 6.45) is 5.58. The van der Waals surface area contributed by atoms with Gasteiger partial charge in [-0.05, 0) is 13.8 Å². The van der Waals surface area contributed by atoms with E-state index in [1.807, 2.05) is 13.0 Å². The largest absolute Gasteiger partial charge is 0.451 e. The Morgan fingerprint density at radius 2 is 1.83 bits per heavy atom. The molecule has 1 unspecified atom stereocenters. The summed E-state index contributed by atoms with van der Waals surface area (Å²) in [6.45, 7) is 3.41. The molecule has 0 aliphatic heterocycles. The zero-order valence-electron chi connectivity index (χ0n) is 10.5. The van der Waals surface area contributed by atoms with E-state index in [1.165, 1.54) is 6.08 Å². The Morgan fingerprint density at radius 1 is 1.17 bits per heavy atom. The number of Topliss-reactive ketones (excluding diaryl/α,β-unsaturated/α-hetero) is 1. The van der Waals surface area contributed by atoms with E-state index in [2.05, 4.69) is 0 Å². The molecule has 0 saturated carbocycles. The lowest BCUT2D eigenvalue weighted by Gasteiger charge is -2.10. The van der Waals surface area contributed by atoms with Gasteiger partial charge in [-0.2, -0.15) is 0 Å². The van der Waals surface area contributed by atoms with E-state index >= 15 is 0 Å². The topological polar surface area (TPSA) is 43.4 Å². The minimum Gasteiger partial charge on any atom is -0.451 e. The van der Waals surface area contributed by atoms with Crippen molar-refractivity contribution in [2.24, 2.45) is 0 Å². The van der Waals surface area contributed by atoms with Crippen LogP contribution in [0.4, 0.5) is 0 Å². The molecule has 0 amide bonds. The third-order valence-electron chi connectivity index (χ3n) is 2.26. The fraction of sp³-hybridized carbons (Fsp3) is 0.200. The predicted octanol–water partition coefficient (Wildman–Crippen LogP) is 2.93. The summed E-state index contributed by atoms with van der Waals surface area (Å²) < 4.78 is 5.00. The smallest absolute Gasteiger partial charge is 0.331 e. The standard InChI is InChI=1S/C15H16O3/c1-3-4-6-11-14(16)18-12(2)15(17)13-9-7-5-8-10-13/h3-12H,1-2H3. The minimum absolute atomic E-state index is 0.205. The lowest BCUT2D eigenvalue weighted by atomic mass is 10.1. The number of ketones is 1. The Kier molecular flexibility index (Phi) is 5.58. The second-order valence-corrected chi connectivity index (χ2v) is 3.69. The van der Waals surface area contributed by atoms with Crippen LogP contribution < -0.4 is 0 Å². The Hall–Kier alpha value is -2.16. The van der Waals surface area contributed by atoms with Crippen molar-refractivity contribution >= 4 is 11.8 Å². The van der Waals surface area contributed by atoms with Crippen LogP contribution in [0, 0.1) is 0 Å². The van der Waals surface area contributed by atoms with Gasteiger partial charge in [-0.15, -0.1) is 0 Å². The van der Waals surface area contributed by atoms with Crippen molar-refractivity contribution < 1.29 is 14.3 Å². The van der Waals surface area contributed by atoms with Crippen molar-refractivity contribution in [3.05, 3.63) is 60.2 Å². The molecule has 3 heteroatoms. The minimum atomic E-state index is -0.782. The predicted molar refractivity (Wildman–Crippen MR) is 70.3 cm³/mol. The number of ether oxygens (including phenoxy) is 1. The molecule has 0 saturated heterocycles. The monoisotopic (exact) mass is 244 g/mol. The first-order valence-electron chi connectivity index (χ1n) is 5.74. The summed E-state index contributed by atoms with van der Waals surface area (Å²) in [7, 11) is 0. The number of allylic oxidation sites excluding steroid dienone is 3.